The maximum absolute atomic E-state index is 12.3. The van der Waals surface area contributed by atoms with Gasteiger partial charge in [0.15, 0.2) is 0 Å². The molecule has 23 heavy (non-hydrogen) atoms. The summed E-state index contributed by atoms with van der Waals surface area (Å²) in [5.41, 5.74) is 1.58. The molecule has 4 nitrogen and oxygen atoms in total. The molecule has 4 rings (SSSR count). The number of nitrogens with zero attached hydrogens (tertiary/aromatic N) is 2. The smallest absolute Gasteiger partial charge is 0.258 e. The van der Waals surface area contributed by atoms with Crippen LogP contribution in [0.15, 0.2) is 51.2 Å². The van der Waals surface area contributed by atoms with Gasteiger partial charge < -0.3 is 4.90 Å². The number of thiophene rings is 1. The lowest BCUT2D eigenvalue weighted by Gasteiger charge is -2.20. The van der Waals surface area contributed by atoms with Crippen LogP contribution in [-0.2, 0) is 6.54 Å². The highest BCUT2D eigenvalue weighted by atomic mass is 79.9. The standard InChI is InChI=1S/C17H16BrN3OS/c18-12-5-6-16-19-13(9-17(22)21(16)10-12)11-20-7-1-3-14(20)15-4-2-8-23-15/h2,4-6,8-10,14H,1,3,7,11H2/p+1/t14-/m0/s1. The second-order valence-corrected chi connectivity index (χ2v) is 7.85. The number of halogens is 1. The Kier molecular flexibility index (Phi) is 4.05. The van der Waals surface area contributed by atoms with Crippen molar-refractivity contribution < 1.29 is 4.90 Å². The number of fused-ring (bicyclic) bond motifs is 1. The first kappa shape index (κ1) is 15.1. The zero-order chi connectivity index (χ0) is 15.8. The SMILES string of the molecule is O=c1cc(C[NH+]2CCC[C@H]2c2cccs2)nc2ccc(Br)cn12. The van der Waals surface area contributed by atoms with Crippen molar-refractivity contribution in [1.29, 1.82) is 0 Å². The van der Waals surface area contributed by atoms with Crippen molar-refractivity contribution in [1.82, 2.24) is 9.38 Å². The number of hydrogen-bond donors (Lipinski definition) is 1. The van der Waals surface area contributed by atoms with Crippen LogP contribution < -0.4 is 10.5 Å². The minimum Gasteiger partial charge on any atom is -0.323 e. The van der Waals surface area contributed by atoms with Crippen LogP contribution in [0.1, 0.15) is 29.5 Å². The molecular formula is C17H17BrN3OS+. The largest absolute Gasteiger partial charge is 0.323 e. The van der Waals surface area contributed by atoms with Crippen LogP contribution in [0.25, 0.3) is 5.65 Å². The first-order valence-electron chi connectivity index (χ1n) is 7.76. The van der Waals surface area contributed by atoms with Crippen LogP contribution in [0.5, 0.6) is 0 Å². The molecular weight excluding hydrogens is 374 g/mol. The lowest BCUT2D eigenvalue weighted by Crippen LogP contribution is -3.08. The van der Waals surface area contributed by atoms with Gasteiger partial charge in [-0.3, -0.25) is 9.20 Å². The van der Waals surface area contributed by atoms with Crippen LogP contribution in [0.2, 0.25) is 0 Å². The van der Waals surface area contributed by atoms with Crippen molar-refractivity contribution in [2.45, 2.75) is 25.4 Å². The summed E-state index contributed by atoms with van der Waals surface area (Å²) in [4.78, 5) is 20.0. The van der Waals surface area contributed by atoms with E-state index in [1.54, 1.807) is 16.7 Å². The molecule has 0 aliphatic carbocycles. The summed E-state index contributed by atoms with van der Waals surface area (Å²) >= 11 is 5.23. The molecule has 1 saturated heterocycles. The molecule has 3 aromatic heterocycles. The zero-order valence-corrected chi connectivity index (χ0v) is 14.9. The molecule has 1 aliphatic rings. The minimum absolute atomic E-state index is 0.0161. The van der Waals surface area contributed by atoms with Gasteiger partial charge in [-0.25, -0.2) is 4.98 Å². The Hall–Kier alpha value is -1.50. The Bertz CT molecular complexity index is 890. The van der Waals surface area contributed by atoms with Crippen molar-refractivity contribution in [3.63, 3.8) is 0 Å². The summed E-state index contributed by atoms with van der Waals surface area (Å²) in [5.74, 6) is 0. The average molecular weight is 391 g/mol. The van der Waals surface area contributed by atoms with Gasteiger partial charge in [0.2, 0.25) is 0 Å². The van der Waals surface area contributed by atoms with Gasteiger partial charge in [0.05, 0.1) is 11.4 Å². The summed E-state index contributed by atoms with van der Waals surface area (Å²) in [6, 6.07) is 10.4. The van der Waals surface area contributed by atoms with E-state index in [4.69, 9.17) is 0 Å². The van der Waals surface area contributed by atoms with E-state index in [1.807, 2.05) is 23.5 Å². The number of likely N-dealkylation sites (tertiary alicyclic amines) is 1. The molecule has 0 aromatic carbocycles. The van der Waals surface area contributed by atoms with Crippen molar-refractivity contribution in [2.75, 3.05) is 6.54 Å². The van der Waals surface area contributed by atoms with Crippen LogP contribution in [-0.4, -0.2) is 15.9 Å². The van der Waals surface area contributed by atoms with Gasteiger partial charge in [-0.2, -0.15) is 0 Å². The minimum atomic E-state index is -0.0161. The van der Waals surface area contributed by atoms with Crippen molar-refractivity contribution in [2.24, 2.45) is 0 Å². The average Bonchev–Trinajstić information content (AvgIpc) is 3.19. The van der Waals surface area contributed by atoms with E-state index in [2.05, 4.69) is 38.4 Å². The second-order valence-electron chi connectivity index (χ2n) is 5.96. The molecule has 0 spiro atoms. The lowest BCUT2D eigenvalue weighted by molar-refractivity contribution is -0.932. The van der Waals surface area contributed by atoms with Gasteiger partial charge in [0.1, 0.15) is 23.9 Å². The topological polar surface area (TPSA) is 38.8 Å². The van der Waals surface area contributed by atoms with Gasteiger partial charge in [-0.15, -0.1) is 11.3 Å². The van der Waals surface area contributed by atoms with E-state index in [0.717, 1.165) is 23.3 Å². The van der Waals surface area contributed by atoms with Crippen LogP contribution in [0.4, 0.5) is 0 Å². The highest BCUT2D eigenvalue weighted by molar-refractivity contribution is 9.10. The highest BCUT2D eigenvalue weighted by Crippen LogP contribution is 2.23. The Labute approximate surface area is 146 Å². The fourth-order valence-electron chi connectivity index (χ4n) is 3.41. The molecule has 2 atom stereocenters. The Morgan fingerprint density at radius 1 is 1.39 bits per heavy atom. The van der Waals surface area contributed by atoms with E-state index in [0.29, 0.717) is 11.7 Å². The van der Waals surface area contributed by atoms with Gasteiger partial charge >= 0.3 is 0 Å². The van der Waals surface area contributed by atoms with Gasteiger partial charge in [-0.05, 0) is 39.5 Å². The molecule has 1 aliphatic heterocycles. The van der Waals surface area contributed by atoms with E-state index >= 15 is 0 Å². The summed E-state index contributed by atoms with van der Waals surface area (Å²) in [5, 5.41) is 2.14. The second kappa shape index (κ2) is 6.19. The van der Waals surface area contributed by atoms with Crippen molar-refractivity contribution in [3.05, 3.63) is 67.3 Å². The molecule has 1 fully saturated rings. The third kappa shape index (κ3) is 2.98. The highest BCUT2D eigenvalue weighted by Gasteiger charge is 2.31. The first-order valence-corrected chi connectivity index (χ1v) is 9.44. The van der Waals surface area contributed by atoms with Gasteiger partial charge in [0.25, 0.3) is 5.56 Å². The predicted molar refractivity (Wildman–Crippen MR) is 95.0 cm³/mol. The molecule has 118 valence electrons. The van der Waals surface area contributed by atoms with Crippen LogP contribution in [0, 0.1) is 0 Å². The molecule has 3 aromatic rings. The molecule has 6 heteroatoms. The Morgan fingerprint density at radius 3 is 3.13 bits per heavy atom. The summed E-state index contributed by atoms with van der Waals surface area (Å²) in [6.45, 7) is 1.95. The zero-order valence-electron chi connectivity index (χ0n) is 12.5. The summed E-state index contributed by atoms with van der Waals surface area (Å²) < 4.78 is 2.47. The molecule has 0 amide bonds. The number of pyridine rings is 1. The fourth-order valence-corrected chi connectivity index (χ4v) is 4.66. The number of aromatic nitrogens is 2. The molecule has 0 saturated carbocycles. The first-order chi connectivity index (χ1) is 11.2. The maximum atomic E-state index is 12.3. The lowest BCUT2D eigenvalue weighted by atomic mass is 10.2. The summed E-state index contributed by atoms with van der Waals surface area (Å²) in [6.07, 6.45) is 4.22. The monoisotopic (exact) mass is 390 g/mol. The number of quaternary nitrogens is 1. The maximum Gasteiger partial charge on any atom is 0.258 e. The predicted octanol–water partition coefficient (Wildman–Crippen LogP) is 2.44. The van der Waals surface area contributed by atoms with E-state index < -0.39 is 0 Å². The van der Waals surface area contributed by atoms with Crippen molar-refractivity contribution >= 4 is 32.9 Å². The van der Waals surface area contributed by atoms with Gasteiger partial charge in [-0.1, -0.05) is 6.07 Å². The third-order valence-electron chi connectivity index (χ3n) is 4.45. The normalized spacial score (nSPS) is 21.1. The van der Waals surface area contributed by atoms with Crippen molar-refractivity contribution in [3.8, 4) is 0 Å². The van der Waals surface area contributed by atoms with Crippen LogP contribution in [0.3, 0.4) is 0 Å². The Morgan fingerprint density at radius 2 is 2.30 bits per heavy atom. The van der Waals surface area contributed by atoms with E-state index in [9.17, 15) is 4.79 Å². The van der Waals surface area contributed by atoms with E-state index in [-0.39, 0.29) is 5.56 Å². The van der Waals surface area contributed by atoms with E-state index in [1.165, 1.54) is 22.6 Å². The molecule has 1 N–H and O–H groups in total. The third-order valence-corrected chi connectivity index (χ3v) is 5.91. The van der Waals surface area contributed by atoms with Crippen LogP contribution >= 0.6 is 27.3 Å². The molecule has 4 heterocycles. The Balaban J connectivity index is 1.65. The molecule has 1 unspecified atom stereocenters. The number of rotatable bonds is 3. The van der Waals surface area contributed by atoms with Gasteiger partial charge in [0, 0.05) is 29.6 Å². The summed E-state index contributed by atoms with van der Waals surface area (Å²) in [7, 11) is 0. The molecule has 0 radical (unpaired) electrons. The quantitative estimate of drug-likeness (QED) is 0.745. The molecule has 0 bridgehead atoms. The number of nitrogens with one attached hydrogen (secondary N) is 1. The fraction of sp³-hybridized carbons (Fsp3) is 0.294. The number of hydrogen-bond acceptors (Lipinski definition) is 3.